The van der Waals surface area contributed by atoms with Crippen molar-refractivity contribution in [3.8, 4) is 0 Å². The van der Waals surface area contributed by atoms with E-state index in [0.29, 0.717) is 5.92 Å². The molecule has 0 radical (unpaired) electrons. The summed E-state index contributed by atoms with van der Waals surface area (Å²) in [6.07, 6.45) is 4.02. The Morgan fingerprint density at radius 2 is 2.07 bits per heavy atom. The molecular weight excluding hydrogens is 186 g/mol. The van der Waals surface area contributed by atoms with Gasteiger partial charge in [0.2, 0.25) is 0 Å². The molecule has 2 aromatic heterocycles. The lowest BCUT2D eigenvalue weighted by Gasteiger charge is -2.05. The summed E-state index contributed by atoms with van der Waals surface area (Å²) in [5.74, 6) is 0.483. The molecule has 0 aromatic carbocycles. The van der Waals surface area contributed by atoms with Crippen molar-refractivity contribution in [1.82, 2.24) is 9.38 Å². The van der Waals surface area contributed by atoms with Crippen molar-refractivity contribution >= 4 is 5.65 Å². The molecule has 0 saturated carbocycles. The van der Waals surface area contributed by atoms with Crippen molar-refractivity contribution in [2.75, 3.05) is 0 Å². The Balaban J connectivity index is 2.64. The Bertz CT molecular complexity index is 469. The van der Waals surface area contributed by atoms with E-state index in [1.54, 1.807) is 0 Å². The van der Waals surface area contributed by atoms with Gasteiger partial charge in [0.25, 0.3) is 0 Å². The van der Waals surface area contributed by atoms with Crippen molar-refractivity contribution < 1.29 is 0 Å². The minimum Gasteiger partial charge on any atom is -0.323 e. The van der Waals surface area contributed by atoms with Crippen LogP contribution in [0.4, 0.5) is 0 Å². The molecule has 0 aliphatic carbocycles. The summed E-state index contributed by atoms with van der Waals surface area (Å²) in [6.45, 7) is 6.31. The summed E-state index contributed by atoms with van der Waals surface area (Å²) in [5.41, 5.74) is 9.07. The third-order valence-corrected chi connectivity index (χ3v) is 2.62. The van der Waals surface area contributed by atoms with Gasteiger partial charge in [0.1, 0.15) is 5.65 Å². The first-order valence-corrected chi connectivity index (χ1v) is 5.32. The molecule has 2 N–H and O–H groups in total. The van der Waals surface area contributed by atoms with E-state index in [1.165, 1.54) is 5.56 Å². The number of pyridine rings is 1. The van der Waals surface area contributed by atoms with Gasteiger partial charge >= 0.3 is 0 Å². The van der Waals surface area contributed by atoms with Crippen LogP contribution in [0.15, 0.2) is 24.5 Å². The van der Waals surface area contributed by atoms with Gasteiger partial charge in [-0.15, -0.1) is 0 Å². The topological polar surface area (TPSA) is 43.3 Å². The van der Waals surface area contributed by atoms with Crippen LogP contribution >= 0.6 is 0 Å². The summed E-state index contributed by atoms with van der Waals surface area (Å²) in [6, 6.07) is 4.16. The molecule has 0 amide bonds. The number of hydrogen-bond acceptors (Lipinski definition) is 2. The normalized spacial score (nSPS) is 13.7. The number of nitrogens with two attached hydrogens (primary N) is 1. The Kier molecular flexibility index (Phi) is 2.49. The molecule has 0 bridgehead atoms. The van der Waals surface area contributed by atoms with E-state index in [2.05, 4.69) is 31.0 Å². The van der Waals surface area contributed by atoms with E-state index in [1.807, 2.05) is 23.7 Å². The molecule has 15 heavy (non-hydrogen) atoms. The number of fused-ring (bicyclic) bond motifs is 1. The fourth-order valence-electron chi connectivity index (χ4n) is 1.72. The van der Waals surface area contributed by atoms with Gasteiger partial charge < -0.3 is 10.1 Å². The standard InChI is InChI=1S/C12H17N3/c1-8(2)10-5-4-6-15-7-11(9(3)13)14-12(10)15/h4-9H,13H2,1-3H3. The molecule has 3 heteroatoms. The number of imidazole rings is 1. The summed E-state index contributed by atoms with van der Waals surface area (Å²) >= 11 is 0. The monoisotopic (exact) mass is 203 g/mol. The molecule has 80 valence electrons. The van der Waals surface area contributed by atoms with Gasteiger partial charge in [-0.05, 0) is 24.5 Å². The lowest BCUT2D eigenvalue weighted by Crippen LogP contribution is -2.04. The van der Waals surface area contributed by atoms with Crippen molar-refractivity contribution in [2.24, 2.45) is 5.73 Å². The van der Waals surface area contributed by atoms with Crippen molar-refractivity contribution in [3.63, 3.8) is 0 Å². The zero-order valence-corrected chi connectivity index (χ0v) is 9.44. The minimum absolute atomic E-state index is 0.00934. The van der Waals surface area contributed by atoms with Crippen molar-refractivity contribution in [1.29, 1.82) is 0 Å². The van der Waals surface area contributed by atoms with Crippen LogP contribution in [-0.2, 0) is 0 Å². The maximum atomic E-state index is 5.83. The molecule has 0 saturated heterocycles. The van der Waals surface area contributed by atoms with Gasteiger partial charge in [-0.1, -0.05) is 19.9 Å². The van der Waals surface area contributed by atoms with Crippen LogP contribution in [0.2, 0.25) is 0 Å². The maximum absolute atomic E-state index is 5.83. The predicted octanol–water partition coefficient (Wildman–Crippen LogP) is 2.48. The molecule has 3 nitrogen and oxygen atoms in total. The van der Waals surface area contributed by atoms with Crippen LogP contribution in [0.3, 0.4) is 0 Å². The third kappa shape index (κ3) is 1.75. The van der Waals surface area contributed by atoms with Gasteiger partial charge in [0.05, 0.1) is 5.69 Å². The molecule has 0 fully saturated rings. The molecule has 1 unspecified atom stereocenters. The van der Waals surface area contributed by atoms with Crippen LogP contribution in [0.25, 0.3) is 5.65 Å². The second-order valence-electron chi connectivity index (χ2n) is 4.30. The van der Waals surface area contributed by atoms with Crippen molar-refractivity contribution in [2.45, 2.75) is 32.7 Å². The SMILES string of the molecule is CC(C)c1cccn2cc(C(C)N)nc12. The lowest BCUT2D eigenvalue weighted by atomic mass is 10.1. The molecule has 0 aliphatic heterocycles. The number of hydrogen-bond donors (Lipinski definition) is 1. The average molecular weight is 203 g/mol. The first-order valence-electron chi connectivity index (χ1n) is 5.32. The Morgan fingerprint density at radius 3 is 2.67 bits per heavy atom. The smallest absolute Gasteiger partial charge is 0.140 e. The molecular formula is C12H17N3. The fourth-order valence-corrected chi connectivity index (χ4v) is 1.72. The van der Waals surface area contributed by atoms with Crippen LogP contribution < -0.4 is 5.73 Å². The largest absolute Gasteiger partial charge is 0.323 e. The van der Waals surface area contributed by atoms with Gasteiger partial charge in [-0.2, -0.15) is 0 Å². The summed E-state index contributed by atoms with van der Waals surface area (Å²) in [4.78, 5) is 4.57. The first-order chi connectivity index (χ1) is 7.09. The Hall–Kier alpha value is -1.35. The maximum Gasteiger partial charge on any atom is 0.140 e. The first kappa shape index (κ1) is 10.2. The molecule has 0 aliphatic rings. The number of aromatic nitrogens is 2. The predicted molar refractivity (Wildman–Crippen MR) is 61.9 cm³/mol. The third-order valence-electron chi connectivity index (χ3n) is 2.62. The van der Waals surface area contributed by atoms with E-state index >= 15 is 0 Å². The fraction of sp³-hybridized carbons (Fsp3) is 0.417. The second-order valence-corrected chi connectivity index (χ2v) is 4.30. The summed E-state index contributed by atoms with van der Waals surface area (Å²) in [5, 5.41) is 0. The lowest BCUT2D eigenvalue weighted by molar-refractivity contribution is 0.789. The highest BCUT2D eigenvalue weighted by atomic mass is 15.0. The van der Waals surface area contributed by atoms with Crippen LogP contribution in [0, 0.1) is 0 Å². The zero-order valence-electron chi connectivity index (χ0n) is 9.44. The van der Waals surface area contributed by atoms with Gasteiger partial charge in [-0.3, -0.25) is 0 Å². The highest BCUT2D eigenvalue weighted by Gasteiger charge is 2.10. The quantitative estimate of drug-likeness (QED) is 0.814. The van der Waals surface area contributed by atoms with Gasteiger partial charge in [-0.25, -0.2) is 4.98 Å². The zero-order chi connectivity index (χ0) is 11.0. The highest BCUT2D eigenvalue weighted by Crippen LogP contribution is 2.21. The van der Waals surface area contributed by atoms with E-state index < -0.39 is 0 Å². The second kappa shape index (κ2) is 3.66. The molecule has 2 heterocycles. The molecule has 2 rings (SSSR count). The Labute approximate surface area is 89.9 Å². The van der Waals surface area contributed by atoms with Crippen LogP contribution in [0.5, 0.6) is 0 Å². The highest BCUT2D eigenvalue weighted by molar-refractivity contribution is 5.50. The van der Waals surface area contributed by atoms with E-state index in [0.717, 1.165) is 11.3 Å². The van der Waals surface area contributed by atoms with E-state index in [-0.39, 0.29) is 6.04 Å². The molecule has 0 spiro atoms. The van der Waals surface area contributed by atoms with Gasteiger partial charge in [0, 0.05) is 18.4 Å². The van der Waals surface area contributed by atoms with Crippen LogP contribution in [0.1, 0.15) is 44.0 Å². The molecule has 1 atom stereocenters. The van der Waals surface area contributed by atoms with E-state index in [4.69, 9.17) is 5.73 Å². The van der Waals surface area contributed by atoms with Crippen LogP contribution in [-0.4, -0.2) is 9.38 Å². The minimum atomic E-state index is -0.00934. The van der Waals surface area contributed by atoms with Crippen molar-refractivity contribution in [3.05, 3.63) is 35.8 Å². The summed E-state index contributed by atoms with van der Waals surface area (Å²) in [7, 11) is 0. The van der Waals surface area contributed by atoms with E-state index in [9.17, 15) is 0 Å². The number of nitrogens with zero attached hydrogens (tertiary/aromatic N) is 2. The molecule has 2 aromatic rings. The Morgan fingerprint density at radius 1 is 1.33 bits per heavy atom. The van der Waals surface area contributed by atoms with Gasteiger partial charge in [0.15, 0.2) is 0 Å². The number of rotatable bonds is 2. The average Bonchev–Trinajstić information content (AvgIpc) is 2.60. The summed E-state index contributed by atoms with van der Waals surface area (Å²) < 4.78 is 2.05.